The standard InChI is InChI=1S/C9H18O5/c1-8(10)9(2,14-7-12-4)5-13-6-11-3/h5-7H2,1-4H3/t9-/m1/s1. The summed E-state index contributed by atoms with van der Waals surface area (Å²) in [4.78, 5) is 11.3. The molecule has 0 spiro atoms. The minimum Gasteiger partial charge on any atom is -0.359 e. The molecule has 0 aromatic carbocycles. The molecule has 14 heavy (non-hydrogen) atoms. The van der Waals surface area contributed by atoms with Crippen molar-refractivity contribution in [2.75, 3.05) is 34.4 Å². The van der Waals surface area contributed by atoms with Crippen molar-refractivity contribution in [3.8, 4) is 0 Å². The highest BCUT2D eigenvalue weighted by atomic mass is 16.7. The van der Waals surface area contributed by atoms with E-state index in [0.29, 0.717) is 0 Å². The summed E-state index contributed by atoms with van der Waals surface area (Å²) in [5.74, 6) is -0.106. The molecule has 84 valence electrons. The molecule has 0 aromatic heterocycles. The van der Waals surface area contributed by atoms with E-state index in [2.05, 4.69) is 0 Å². The second kappa shape index (κ2) is 6.89. The summed E-state index contributed by atoms with van der Waals surface area (Å²) in [6, 6.07) is 0. The zero-order chi connectivity index (χ0) is 11.0. The van der Waals surface area contributed by atoms with Crippen LogP contribution in [0.3, 0.4) is 0 Å². The van der Waals surface area contributed by atoms with E-state index in [-0.39, 0.29) is 26.0 Å². The molecule has 0 saturated carbocycles. The van der Waals surface area contributed by atoms with Crippen molar-refractivity contribution in [3.63, 3.8) is 0 Å². The van der Waals surface area contributed by atoms with Crippen LogP contribution in [-0.2, 0) is 23.7 Å². The molecular weight excluding hydrogens is 188 g/mol. The van der Waals surface area contributed by atoms with Crippen LogP contribution < -0.4 is 0 Å². The second-order valence-electron chi connectivity index (χ2n) is 3.09. The van der Waals surface area contributed by atoms with Crippen LogP contribution in [0.1, 0.15) is 13.8 Å². The van der Waals surface area contributed by atoms with Crippen LogP contribution in [0.25, 0.3) is 0 Å². The lowest BCUT2D eigenvalue weighted by Crippen LogP contribution is -2.42. The molecule has 0 amide bonds. The first-order valence-electron chi connectivity index (χ1n) is 4.27. The number of carbonyl (C=O) groups is 1. The lowest BCUT2D eigenvalue weighted by molar-refractivity contribution is -0.177. The van der Waals surface area contributed by atoms with Gasteiger partial charge in [-0.3, -0.25) is 4.79 Å². The monoisotopic (exact) mass is 206 g/mol. The van der Waals surface area contributed by atoms with Crippen LogP contribution in [0.4, 0.5) is 0 Å². The van der Waals surface area contributed by atoms with Gasteiger partial charge in [-0.1, -0.05) is 0 Å². The third-order valence-corrected chi connectivity index (χ3v) is 1.82. The third kappa shape index (κ3) is 4.66. The number of hydrogen-bond acceptors (Lipinski definition) is 5. The molecular formula is C9H18O5. The van der Waals surface area contributed by atoms with Crippen LogP contribution in [-0.4, -0.2) is 45.8 Å². The number of rotatable bonds is 8. The fourth-order valence-electron chi connectivity index (χ4n) is 0.754. The van der Waals surface area contributed by atoms with E-state index in [9.17, 15) is 4.79 Å². The summed E-state index contributed by atoms with van der Waals surface area (Å²) < 4.78 is 19.8. The van der Waals surface area contributed by atoms with Gasteiger partial charge in [-0.15, -0.1) is 0 Å². The molecule has 0 N–H and O–H groups in total. The Kier molecular flexibility index (Phi) is 6.65. The number of ketones is 1. The third-order valence-electron chi connectivity index (χ3n) is 1.82. The second-order valence-corrected chi connectivity index (χ2v) is 3.09. The topological polar surface area (TPSA) is 54.0 Å². The van der Waals surface area contributed by atoms with Crippen LogP contribution in [0.15, 0.2) is 0 Å². The maximum absolute atomic E-state index is 11.3. The number of hydrogen-bond donors (Lipinski definition) is 0. The van der Waals surface area contributed by atoms with E-state index >= 15 is 0 Å². The zero-order valence-corrected chi connectivity index (χ0v) is 9.16. The van der Waals surface area contributed by atoms with Gasteiger partial charge in [-0.05, 0) is 13.8 Å². The molecule has 1 atom stereocenters. The van der Waals surface area contributed by atoms with Crippen LogP contribution >= 0.6 is 0 Å². The van der Waals surface area contributed by atoms with Crippen LogP contribution in [0.2, 0.25) is 0 Å². The molecule has 0 fully saturated rings. The Morgan fingerprint density at radius 3 is 2.21 bits per heavy atom. The summed E-state index contributed by atoms with van der Waals surface area (Å²) in [6.07, 6.45) is 0. The normalized spacial score (nSPS) is 15.1. The first-order chi connectivity index (χ1) is 6.56. The van der Waals surface area contributed by atoms with Gasteiger partial charge in [0, 0.05) is 14.2 Å². The summed E-state index contributed by atoms with van der Waals surface area (Å²) in [5.41, 5.74) is -0.964. The molecule has 0 rings (SSSR count). The number of carbonyl (C=O) groups excluding carboxylic acids is 1. The van der Waals surface area contributed by atoms with Gasteiger partial charge in [0.2, 0.25) is 0 Å². The zero-order valence-electron chi connectivity index (χ0n) is 9.16. The minimum atomic E-state index is -0.964. The Balaban J connectivity index is 4.03. The van der Waals surface area contributed by atoms with Crippen LogP contribution in [0.5, 0.6) is 0 Å². The molecule has 0 unspecified atom stereocenters. The van der Waals surface area contributed by atoms with E-state index in [1.165, 1.54) is 21.1 Å². The van der Waals surface area contributed by atoms with E-state index < -0.39 is 5.60 Å². The highest BCUT2D eigenvalue weighted by Crippen LogP contribution is 2.12. The Labute approximate surface area is 84.3 Å². The van der Waals surface area contributed by atoms with Gasteiger partial charge >= 0.3 is 0 Å². The molecule has 0 bridgehead atoms. The molecule has 0 heterocycles. The van der Waals surface area contributed by atoms with E-state index in [1.54, 1.807) is 6.92 Å². The van der Waals surface area contributed by atoms with Gasteiger partial charge in [0.05, 0.1) is 6.61 Å². The molecule has 5 nitrogen and oxygen atoms in total. The molecule has 0 aromatic rings. The van der Waals surface area contributed by atoms with Crippen molar-refractivity contribution >= 4 is 5.78 Å². The van der Waals surface area contributed by atoms with E-state index in [1.807, 2.05) is 0 Å². The molecule has 0 aliphatic carbocycles. The van der Waals surface area contributed by atoms with Crippen molar-refractivity contribution in [1.29, 1.82) is 0 Å². The van der Waals surface area contributed by atoms with Crippen LogP contribution in [0, 0.1) is 0 Å². The highest BCUT2D eigenvalue weighted by Gasteiger charge is 2.31. The van der Waals surface area contributed by atoms with Crippen molar-refractivity contribution < 1.29 is 23.7 Å². The van der Waals surface area contributed by atoms with E-state index in [0.717, 1.165) is 0 Å². The van der Waals surface area contributed by atoms with Crippen molar-refractivity contribution in [2.24, 2.45) is 0 Å². The lowest BCUT2D eigenvalue weighted by atomic mass is 10.0. The minimum absolute atomic E-state index is 0.0619. The molecule has 0 radical (unpaired) electrons. The predicted octanol–water partition coefficient (Wildman–Crippen LogP) is 0.575. The molecule has 0 aliphatic heterocycles. The maximum atomic E-state index is 11.3. The summed E-state index contributed by atoms with van der Waals surface area (Å²) in [7, 11) is 3.01. The maximum Gasteiger partial charge on any atom is 0.163 e. The summed E-state index contributed by atoms with van der Waals surface area (Å²) in [6.45, 7) is 3.46. The molecule has 0 aliphatic rings. The van der Waals surface area contributed by atoms with Gasteiger partial charge in [0.1, 0.15) is 19.2 Å². The SMILES string of the molecule is COCOC[C@@](C)(OCOC)C(C)=O. The van der Waals surface area contributed by atoms with Gasteiger partial charge < -0.3 is 18.9 Å². The van der Waals surface area contributed by atoms with E-state index in [4.69, 9.17) is 18.9 Å². The van der Waals surface area contributed by atoms with Crippen molar-refractivity contribution in [1.82, 2.24) is 0 Å². The van der Waals surface area contributed by atoms with Gasteiger partial charge in [0.15, 0.2) is 5.78 Å². The average Bonchev–Trinajstić information content (AvgIpc) is 2.15. The van der Waals surface area contributed by atoms with Gasteiger partial charge in [-0.2, -0.15) is 0 Å². The Hall–Kier alpha value is -0.490. The first-order valence-corrected chi connectivity index (χ1v) is 4.27. The summed E-state index contributed by atoms with van der Waals surface area (Å²) in [5, 5.41) is 0. The molecule has 0 saturated heterocycles. The predicted molar refractivity (Wildman–Crippen MR) is 49.9 cm³/mol. The summed E-state index contributed by atoms with van der Waals surface area (Å²) >= 11 is 0. The highest BCUT2D eigenvalue weighted by molar-refractivity contribution is 5.84. The quantitative estimate of drug-likeness (QED) is 0.429. The van der Waals surface area contributed by atoms with Crippen molar-refractivity contribution in [3.05, 3.63) is 0 Å². The molecule has 5 heteroatoms. The Morgan fingerprint density at radius 1 is 1.21 bits per heavy atom. The van der Waals surface area contributed by atoms with Gasteiger partial charge in [-0.25, -0.2) is 0 Å². The first kappa shape index (κ1) is 13.5. The number of methoxy groups -OCH3 is 2. The fraction of sp³-hybridized carbons (Fsp3) is 0.889. The number of Topliss-reactive ketones (excluding diaryl/α,β-unsaturated/α-hetero) is 1. The average molecular weight is 206 g/mol. The smallest absolute Gasteiger partial charge is 0.163 e. The Bertz CT molecular complexity index is 171. The fourth-order valence-corrected chi connectivity index (χ4v) is 0.754. The van der Waals surface area contributed by atoms with Crippen molar-refractivity contribution in [2.45, 2.75) is 19.4 Å². The van der Waals surface area contributed by atoms with Gasteiger partial charge in [0.25, 0.3) is 0 Å². The largest absolute Gasteiger partial charge is 0.359 e. The Morgan fingerprint density at radius 2 is 1.79 bits per heavy atom. The number of ether oxygens (including phenoxy) is 4. The lowest BCUT2D eigenvalue weighted by Gasteiger charge is -2.26.